The minimum Gasteiger partial charge on any atom is -0.152 e. The lowest BCUT2D eigenvalue weighted by atomic mass is 10.1. The molecule has 0 aliphatic rings. The molecule has 2 aromatic rings. The molecule has 0 saturated heterocycles. The summed E-state index contributed by atoms with van der Waals surface area (Å²) in [5.74, 6) is 0. The van der Waals surface area contributed by atoms with Gasteiger partial charge in [0.25, 0.3) is 0 Å². The van der Waals surface area contributed by atoms with E-state index in [0.29, 0.717) is 0 Å². The number of hydrogen-bond donors (Lipinski definition) is 0. The summed E-state index contributed by atoms with van der Waals surface area (Å²) in [5, 5.41) is 5.13. The zero-order valence-corrected chi connectivity index (χ0v) is 11.4. The molecule has 78 valence electrons. The third kappa shape index (κ3) is 2.44. The van der Waals surface area contributed by atoms with Crippen molar-refractivity contribution in [1.82, 2.24) is 0 Å². The van der Waals surface area contributed by atoms with Crippen molar-refractivity contribution in [3.63, 3.8) is 0 Å². The van der Waals surface area contributed by atoms with Gasteiger partial charge in [-0.25, -0.2) is 0 Å². The van der Waals surface area contributed by atoms with E-state index in [1.54, 1.807) is 11.3 Å². The number of rotatable bonds is 2. The van der Waals surface area contributed by atoms with Crippen LogP contribution in [0.4, 0.5) is 0 Å². The Morgan fingerprint density at radius 1 is 1.20 bits per heavy atom. The number of thiophene rings is 1. The second kappa shape index (κ2) is 4.69. The summed E-state index contributed by atoms with van der Waals surface area (Å²) >= 11 is 11.3. The topological polar surface area (TPSA) is 0 Å². The molecule has 0 spiro atoms. The molecule has 0 N–H and O–H groups in total. The largest absolute Gasteiger partial charge is 0.152 e. The van der Waals surface area contributed by atoms with Crippen LogP contribution < -0.4 is 0 Å². The van der Waals surface area contributed by atoms with Crippen molar-refractivity contribution in [3.8, 4) is 0 Å². The highest BCUT2D eigenvalue weighted by Gasteiger charge is 2.12. The van der Waals surface area contributed by atoms with E-state index in [1.165, 1.54) is 16.7 Å². The summed E-state index contributed by atoms with van der Waals surface area (Å²) in [7, 11) is 0. The lowest BCUT2D eigenvalue weighted by Gasteiger charge is -2.10. The standard InChI is InChI=1S/C12H10BrClS/c1-8-6-15-7-11(8)12(13)9-2-4-10(14)5-3-9/h2-7,12H,1H3. The number of hydrogen-bond acceptors (Lipinski definition) is 1. The van der Waals surface area contributed by atoms with Crippen LogP contribution in [0, 0.1) is 6.92 Å². The van der Waals surface area contributed by atoms with Crippen molar-refractivity contribution in [2.24, 2.45) is 0 Å². The van der Waals surface area contributed by atoms with Gasteiger partial charge in [-0.3, -0.25) is 0 Å². The molecular formula is C12H10BrClS. The normalized spacial score (nSPS) is 12.7. The first-order valence-corrected chi connectivity index (χ1v) is 6.84. The van der Waals surface area contributed by atoms with Crippen LogP contribution in [0.5, 0.6) is 0 Å². The summed E-state index contributed by atoms with van der Waals surface area (Å²) in [6, 6.07) is 7.96. The molecule has 1 atom stereocenters. The van der Waals surface area contributed by atoms with E-state index in [4.69, 9.17) is 11.6 Å². The average Bonchev–Trinajstić information content (AvgIpc) is 2.65. The van der Waals surface area contributed by atoms with Gasteiger partial charge in [0.2, 0.25) is 0 Å². The molecule has 15 heavy (non-hydrogen) atoms. The van der Waals surface area contributed by atoms with Crippen molar-refractivity contribution in [1.29, 1.82) is 0 Å². The smallest absolute Gasteiger partial charge is 0.0655 e. The van der Waals surface area contributed by atoms with E-state index in [1.807, 2.05) is 12.1 Å². The number of aryl methyl sites for hydroxylation is 1. The monoisotopic (exact) mass is 300 g/mol. The molecular weight excluding hydrogens is 292 g/mol. The summed E-state index contributed by atoms with van der Waals surface area (Å²) in [6.45, 7) is 2.13. The highest BCUT2D eigenvalue weighted by molar-refractivity contribution is 9.09. The van der Waals surface area contributed by atoms with Gasteiger partial charge in [0.15, 0.2) is 0 Å². The second-order valence-electron chi connectivity index (χ2n) is 3.42. The van der Waals surface area contributed by atoms with Gasteiger partial charge in [-0.2, -0.15) is 11.3 Å². The quantitative estimate of drug-likeness (QED) is 0.669. The molecule has 0 nitrogen and oxygen atoms in total. The van der Waals surface area contributed by atoms with Gasteiger partial charge >= 0.3 is 0 Å². The zero-order valence-electron chi connectivity index (χ0n) is 8.21. The molecule has 1 heterocycles. The first-order valence-electron chi connectivity index (χ1n) is 4.60. The Kier molecular flexibility index (Phi) is 3.49. The highest BCUT2D eigenvalue weighted by Crippen LogP contribution is 2.34. The Hall–Kier alpha value is -0.310. The van der Waals surface area contributed by atoms with Crippen LogP contribution in [-0.4, -0.2) is 0 Å². The van der Waals surface area contributed by atoms with E-state index in [-0.39, 0.29) is 4.83 Å². The molecule has 0 aliphatic heterocycles. The summed E-state index contributed by atoms with van der Waals surface area (Å²) < 4.78 is 0. The molecule has 1 aromatic heterocycles. The van der Waals surface area contributed by atoms with Gasteiger partial charge < -0.3 is 0 Å². The van der Waals surface area contributed by atoms with Gasteiger partial charge in [-0.1, -0.05) is 39.7 Å². The number of halogens is 2. The molecule has 2 rings (SSSR count). The lowest BCUT2D eigenvalue weighted by molar-refractivity contribution is 1.16. The Balaban J connectivity index is 2.32. The van der Waals surface area contributed by atoms with Crippen molar-refractivity contribution in [2.45, 2.75) is 11.8 Å². The second-order valence-corrected chi connectivity index (χ2v) is 5.52. The van der Waals surface area contributed by atoms with Crippen molar-refractivity contribution in [2.75, 3.05) is 0 Å². The van der Waals surface area contributed by atoms with Gasteiger partial charge in [0, 0.05) is 5.02 Å². The molecule has 3 heteroatoms. The third-order valence-electron chi connectivity index (χ3n) is 2.33. The van der Waals surface area contributed by atoms with Crippen molar-refractivity contribution >= 4 is 38.9 Å². The fraction of sp³-hybridized carbons (Fsp3) is 0.167. The fourth-order valence-corrected chi connectivity index (χ4v) is 3.42. The maximum absolute atomic E-state index is 5.86. The zero-order chi connectivity index (χ0) is 10.8. The number of benzene rings is 1. The van der Waals surface area contributed by atoms with Crippen molar-refractivity contribution < 1.29 is 0 Å². The maximum atomic E-state index is 5.86. The Bertz CT molecular complexity index is 447. The van der Waals surface area contributed by atoms with E-state index >= 15 is 0 Å². The Labute approximate surface area is 107 Å². The number of alkyl halides is 1. The van der Waals surface area contributed by atoms with Crippen LogP contribution in [0.1, 0.15) is 21.5 Å². The lowest BCUT2D eigenvalue weighted by Crippen LogP contribution is -1.92. The fourth-order valence-electron chi connectivity index (χ4n) is 1.44. The van der Waals surface area contributed by atoms with E-state index in [9.17, 15) is 0 Å². The third-order valence-corrected chi connectivity index (χ3v) is 4.48. The molecule has 0 amide bonds. The highest BCUT2D eigenvalue weighted by atomic mass is 79.9. The summed E-state index contributed by atoms with van der Waals surface area (Å²) in [4.78, 5) is 0.265. The average molecular weight is 302 g/mol. The van der Waals surface area contributed by atoms with Gasteiger partial charge in [0.1, 0.15) is 0 Å². The Morgan fingerprint density at radius 3 is 2.40 bits per heavy atom. The molecule has 0 fully saturated rings. The summed E-state index contributed by atoms with van der Waals surface area (Å²) in [5.41, 5.74) is 3.90. The first kappa shape index (κ1) is 11.2. The SMILES string of the molecule is Cc1cscc1C(Br)c1ccc(Cl)cc1. The van der Waals surface area contributed by atoms with Gasteiger partial charge in [-0.05, 0) is 46.5 Å². The van der Waals surface area contributed by atoms with Crippen LogP contribution in [0.2, 0.25) is 5.02 Å². The van der Waals surface area contributed by atoms with E-state index in [0.717, 1.165) is 5.02 Å². The van der Waals surface area contributed by atoms with Crippen LogP contribution in [-0.2, 0) is 0 Å². The van der Waals surface area contributed by atoms with Crippen LogP contribution in [0.15, 0.2) is 35.0 Å². The van der Waals surface area contributed by atoms with Crippen LogP contribution in [0.25, 0.3) is 0 Å². The minimum absolute atomic E-state index is 0.265. The van der Waals surface area contributed by atoms with E-state index in [2.05, 4.69) is 45.7 Å². The Morgan fingerprint density at radius 2 is 1.87 bits per heavy atom. The molecule has 0 saturated carbocycles. The van der Waals surface area contributed by atoms with Crippen molar-refractivity contribution in [3.05, 3.63) is 56.7 Å². The predicted molar refractivity (Wildman–Crippen MR) is 71.3 cm³/mol. The first-order chi connectivity index (χ1) is 7.18. The van der Waals surface area contributed by atoms with Gasteiger partial charge in [-0.15, -0.1) is 0 Å². The molecule has 0 aliphatic carbocycles. The van der Waals surface area contributed by atoms with Crippen LogP contribution >= 0.6 is 38.9 Å². The predicted octanol–water partition coefficient (Wildman–Crippen LogP) is 5.19. The molecule has 0 bridgehead atoms. The minimum atomic E-state index is 0.265. The van der Waals surface area contributed by atoms with E-state index < -0.39 is 0 Å². The molecule has 1 unspecified atom stereocenters. The maximum Gasteiger partial charge on any atom is 0.0655 e. The van der Waals surface area contributed by atoms with Crippen LogP contribution in [0.3, 0.4) is 0 Å². The molecule has 1 aromatic carbocycles. The van der Waals surface area contributed by atoms with Gasteiger partial charge in [0.05, 0.1) is 4.83 Å². The summed E-state index contributed by atoms with van der Waals surface area (Å²) in [6.07, 6.45) is 0. The molecule has 0 radical (unpaired) electrons.